The van der Waals surface area contributed by atoms with E-state index < -0.39 is 29.8 Å². The van der Waals surface area contributed by atoms with Gasteiger partial charge in [0.1, 0.15) is 17.6 Å². The van der Waals surface area contributed by atoms with Gasteiger partial charge in [-0.15, -0.1) is 13.2 Å². The lowest BCUT2D eigenvalue weighted by molar-refractivity contribution is -0.274. The molecule has 1 N–H and O–H groups in total. The van der Waals surface area contributed by atoms with Gasteiger partial charge in [0.15, 0.2) is 0 Å². The van der Waals surface area contributed by atoms with Crippen LogP contribution in [0.25, 0.3) is 16.5 Å². The Kier molecular flexibility index (Phi) is 5.68. The van der Waals surface area contributed by atoms with Crippen molar-refractivity contribution in [1.82, 2.24) is 4.98 Å². The van der Waals surface area contributed by atoms with E-state index in [0.717, 1.165) is 27.8 Å². The summed E-state index contributed by atoms with van der Waals surface area (Å²) in [6.07, 6.45) is -3.40. The third-order valence-electron chi connectivity index (χ3n) is 5.78. The fourth-order valence-corrected chi connectivity index (χ4v) is 4.22. The molecule has 0 saturated carbocycles. The average molecular weight is 490 g/mol. The number of pyridine rings is 1. The first-order valence-corrected chi connectivity index (χ1v) is 10.8. The van der Waals surface area contributed by atoms with Gasteiger partial charge >= 0.3 is 6.36 Å². The number of Topliss-reactive ketones (excluding diaryl/α,β-unsaturated/α-hetero) is 1. The molecule has 1 fully saturated rings. The Morgan fingerprint density at radius 2 is 1.58 bits per heavy atom. The molecule has 1 amide bonds. The summed E-state index contributed by atoms with van der Waals surface area (Å²) in [6.45, 7) is 0. The normalized spacial score (nSPS) is 17.5. The van der Waals surface area contributed by atoms with Crippen LogP contribution in [0.2, 0.25) is 0 Å². The second-order valence-corrected chi connectivity index (χ2v) is 8.03. The van der Waals surface area contributed by atoms with E-state index in [0.29, 0.717) is 11.3 Å². The molecule has 0 bridgehead atoms. The number of hydrogen-bond acceptors (Lipinski definition) is 5. The standard InChI is InChI=1S/C27H17F3N2O4/c28-27(29,30)36-20-12-10-19(11-13-20)32-23(21-7-3-4-14-31-21)22(25(34)26(32)35)24(33)18-9-8-16-5-1-2-6-17(16)15-18/h1-15,23,33H/b24-22-. The van der Waals surface area contributed by atoms with E-state index in [-0.39, 0.29) is 17.0 Å². The molecule has 1 atom stereocenters. The van der Waals surface area contributed by atoms with Gasteiger partial charge in [-0.2, -0.15) is 0 Å². The number of amides is 1. The number of ketones is 1. The van der Waals surface area contributed by atoms with Crippen molar-refractivity contribution < 1.29 is 32.6 Å². The fraction of sp³-hybridized carbons (Fsp3) is 0.0741. The molecule has 1 saturated heterocycles. The summed E-state index contributed by atoms with van der Waals surface area (Å²) < 4.78 is 41.6. The highest BCUT2D eigenvalue weighted by Crippen LogP contribution is 2.42. The van der Waals surface area contributed by atoms with Gasteiger partial charge in [-0.1, -0.05) is 42.5 Å². The number of anilines is 1. The minimum Gasteiger partial charge on any atom is -0.507 e. The Bertz CT molecular complexity index is 1500. The number of hydrogen-bond donors (Lipinski definition) is 1. The van der Waals surface area contributed by atoms with Crippen LogP contribution in [0.1, 0.15) is 17.3 Å². The van der Waals surface area contributed by atoms with E-state index in [1.54, 1.807) is 36.4 Å². The Morgan fingerprint density at radius 1 is 0.889 bits per heavy atom. The smallest absolute Gasteiger partial charge is 0.507 e. The summed E-state index contributed by atoms with van der Waals surface area (Å²) in [4.78, 5) is 31.7. The molecule has 3 aromatic carbocycles. The molecule has 0 spiro atoms. The number of aromatic nitrogens is 1. The highest BCUT2D eigenvalue weighted by molar-refractivity contribution is 6.51. The van der Waals surface area contributed by atoms with Crippen molar-refractivity contribution in [3.63, 3.8) is 0 Å². The number of aliphatic hydroxyl groups is 1. The lowest BCUT2D eigenvalue weighted by atomic mass is 9.97. The van der Waals surface area contributed by atoms with E-state index in [4.69, 9.17) is 0 Å². The zero-order valence-electron chi connectivity index (χ0n) is 18.4. The molecule has 1 aromatic heterocycles. The number of aliphatic hydroxyl groups excluding tert-OH is 1. The highest BCUT2D eigenvalue weighted by atomic mass is 19.4. The van der Waals surface area contributed by atoms with E-state index in [1.807, 2.05) is 24.3 Å². The first-order valence-electron chi connectivity index (χ1n) is 10.8. The maximum atomic E-state index is 13.2. The molecule has 4 aromatic rings. The number of carbonyl (C=O) groups excluding carboxylic acids is 2. The van der Waals surface area contributed by atoms with Crippen molar-refractivity contribution >= 4 is 33.9 Å². The SMILES string of the molecule is O=C1C(=O)N(c2ccc(OC(F)(F)F)cc2)C(c2ccccn2)/C1=C(/O)c1ccc2ccccc2c1. The minimum atomic E-state index is -4.88. The molecule has 6 nitrogen and oxygen atoms in total. The van der Waals surface area contributed by atoms with Crippen molar-refractivity contribution in [3.8, 4) is 5.75 Å². The monoisotopic (exact) mass is 490 g/mol. The molecule has 1 aliphatic heterocycles. The van der Waals surface area contributed by atoms with Gasteiger partial charge in [0.2, 0.25) is 0 Å². The Morgan fingerprint density at radius 3 is 2.25 bits per heavy atom. The molecule has 0 radical (unpaired) electrons. The van der Waals surface area contributed by atoms with Gasteiger partial charge in [0, 0.05) is 17.4 Å². The largest absolute Gasteiger partial charge is 0.573 e. The molecule has 1 aliphatic rings. The van der Waals surface area contributed by atoms with E-state index in [1.165, 1.54) is 18.3 Å². The number of benzene rings is 3. The first kappa shape index (κ1) is 23.1. The number of carbonyl (C=O) groups is 2. The van der Waals surface area contributed by atoms with Crippen molar-refractivity contribution in [2.45, 2.75) is 12.4 Å². The predicted octanol–water partition coefficient (Wildman–Crippen LogP) is 5.76. The number of alkyl halides is 3. The summed E-state index contributed by atoms with van der Waals surface area (Å²) in [6, 6.07) is 21.0. The van der Waals surface area contributed by atoms with Crippen LogP contribution in [-0.2, 0) is 9.59 Å². The molecule has 180 valence electrons. The number of ether oxygens (including phenoxy) is 1. The van der Waals surface area contributed by atoms with Gasteiger partial charge in [0.05, 0.1) is 11.3 Å². The van der Waals surface area contributed by atoms with Crippen LogP contribution in [-0.4, -0.2) is 28.1 Å². The van der Waals surface area contributed by atoms with Crippen LogP contribution in [0, 0.1) is 0 Å². The molecule has 9 heteroatoms. The molecule has 36 heavy (non-hydrogen) atoms. The van der Waals surface area contributed by atoms with Gasteiger partial charge in [-0.3, -0.25) is 19.5 Å². The van der Waals surface area contributed by atoms with Crippen LogP contribution >= 0.6 is 0 Å². The Hall–Kier alpha value is -4.66. The maximum Gasteiger partial charge on any atom is 0.573 e. The average Bonchev–Trinajstić information content (AvgIpc) is 3.13. The fourth-order valence-electron chi connectivity index (χ4n) is 4.22. The second kappa shape index (κ2) is 8.84. The van der Waals surface area contributed by atoms with Gasteiger partial charge in [-0.25, -0.2) is 0 Å². The minimum absolute atomic E-state index is 0.139. The molecule has 0 aliphatic carbocycles. The van der Waals surface area contributed by atoms with E-state index >= 15 is 0 Å². The highest BCUT2D eigenvalue weighted by Gasteiger charge is 2.47. The third-order valence-corrected chi connectivity index (χ3v) is 5.78. The van der Waals surface area contributed by atoms with Crippen molar-refractivity contribution in [2.24, 2.45) is 0 Å². The summed E-state index contributed by atoms with van der Waals surface area (Å²) in [5.74, 6) is -2.74. The Labute approximate surface area is 202 Å². The van der Waals surface area contributed by atoms with Gasteiger partial charge < -0.3 is 9.84 Å². The summed E-state index contributed by atoms with van der Waals surface area (Å²) in [5.41, 5.74) is 0.598. The topological polar surface area (TPSA) is 79.7 Å². The zero-order valence-corrected chi connectivity index (χ0v) is 18.4. The molecular formula is C27H17F3N2O4. The lowest BCUT2D eigenvalue weighted by Crippen LogP contribution is -2.29. The summed E-state index contributed by atoms with van der Waals surface area (Å²) in [7, 11) is 0. The van der Waals surface area contributed by atoms with Crippen LogP contribution in [0.3, 0.4) is 0 Å². The molecule has 2 heterocycles. The van der Waals surface area contributed by atoms with Gasteiger partial charge in [0.25, 0.3) is 11.7 Å². The van der Waals surface area contributed by atoms with Crippen LogP contribution in [0.4, 0.5) is 18.9 Å². The number of nitrogens with zero attached hydrogens (tertiary/aromatic N) is 2. The van der Waals surface area contributed by atoms with Crippen LogP contribution in [0.5, 0.6) is 5.75 Å². The maximum absolute atomic E-state index is 13.2. The lowest BCUT2D eigenvalue weighted by Gasteiger charge is -2.24. The van der Waals surface area contributed by atoms with Crippen molar-refractivity contribution in [2.75, 3.05) is 4.90 Å². The molecule has 1 unspecified atom stereocenters. The van der Waals surface area contributed by atoms with Crippen LogP contribution < -0.4 is 9.64 Å². The van der Waals surface area contributed by atoms with E-state index in [2.05, 4.69) is 9.72 Å². The van der Waals surface area contributed by atoms with Crippen LogP contribution in [0.15, 0.2) is 96.7 Å². The number of rotatable bonds is 4. The molecular weight excluding hydrogens is 473 g/mol. The summed E-state index contributed by atoms with van der Waals surface area (Å²) >= 11 is 0. The Balaban J connectivity index is 1.64. The second-order valence-electron chi connectivity index (χ2n) is 8.03. The third kappa shape index (κ3) is 4.26. The number of fused-ring (bicyclic) bond motifs is 1. The molecule has 5 rings (SSSR count). The van der Waals surface area contributed by atoms with Gasteiger partial charge in [-0.05, 0) is 53.2 Å². The van der Waals surface area contributed by atoms with Crippen molar-refractivity contribution in [1.29, 1.82) is 0 Å². The summed E-state index contributed by atoms with van der Waals surface area (Å²) in [5, 5.41) is 13.0. The van der Waals surface area contributed by atoms with E-state index in [9.17, 15) is 27.9 Å². The number of halogens is 3. The van der Waals surface area contributed by atoms with Crippen molar-refractivity contribution in [3.05, 3.63) is 108 Å². The predicted molar refractivity (Wildman–Crippen MR) is 126 cm³/mol. The zero-order chi connectivity index (χ0) is 25.4. The first-order chi connectivity index (χ1) is 17.2. The quantitative estimate of drug-likeness (QED) is 0.224.